The zero-order chi connectivity index (χ0) is 13.8. The minimum Gasteiger partial charge on any atom is -0.503 e. The highest BCUT2D eigenvalue weighted by atomic mass is 16.3. The van der Waals surface area contributed by atoms with E-state index in [0.29, 0.717) is 6.54 Å². The van der Waals surface area contributed by atoms with Crippen molar-refractivity contribution in [3.8, 4) is 5.75 Å². The Hall–Kier alpha value is -1.37. The zero-order valence-corrected chi connectivity index (χ0v) is 11.2. The summed E-state index contributed by atoms with van der Waals surface area (Å²) in [5.41, 5.74) is 0.574. The molecule has 2 N–H and O–H groups in total. The lowest BCUT2D eigenvalue weighted by Crippen LogP contribution is -2.46. The molecule has 1 saturated heterocycles. The number of hydrogen-bond acceptors (Lipinski definition) is 5. The third-order valence-corrected chi connectivity index (χ3v) is 3.59. The lowest BCUT2D eigenvalue weighted by atomic mass is 10.2. The second-order valence-corrected chi connectivity index (χ2v) is 4.97. The smallest absolute Gasteiger partial charge is 0.223 e. The molecule has 1 fully saturated rings. The van der Waals surface area contributed by atoms with Crippen molar-refractivity contribution >= 4 is 0 Å². The zero-order valence-electron chi connectivity index (χ0n) is 11.2. The summed E-state index contributed by atoms with van der Waals surface area (Å²) in [6.07, 6.45) is 1.46. The molecule has 2 heterocycles. The number of hydrogen-bond donors (Lipinski definition) is 2. The van der Waals surface area contributed by atoms with E-state index in [9.17, 15) is 9.90 Å². The maximum Gasteiger partial charge on any atom is 0.223 e. The predicted octanol–water partition coefficient (Wildman–Crippen LogP) is -0.799. The van der Waals surface area contributed by atoms with Crippen molar-refractivity contribution in [3.05, 3.63) is 28.2 Å². The van der Waals surface area contributed by atoms with Crippen molar-refractivity contribution in [2.45, 2.75) is 6.54 Å². The molecule has 1 aliphatic heterocycles. The molecule has 2 rings (SSSR count). The highest BCUT2D eigenvalue weighted by molar-refractivity contribution is 5.20. The van der Waals surface area contributed by atoms with E-state index in [-0.39, 0.29) is 17.8 Å². The molecule has 1 aromatic rings. The number of aromatic hydroxyl groups is 1. The normalized spacial score (nSPS) is 17.8. The minimum absolute atomic E-state index is 0.201. The van der Waals surface area contributed by atoms with Gasteiger partial charge in [0.15, 0.2) is 5.75 Å². The van der Waals surface area contributed by atoms with Gasteiger partial charge in [0.25, 0.3) is 0 Å². The molecule has 0 amide bonds. The molecule has 0 aromatic carbocycles. The number of pyridine rings is 1. The van der Waals surface area contributed by atoms with E-state index in [1.807, 2.05) is 7.05 Å². The number of aliphatic hydroxyl groups is 1. The van der Waals surface area contributed by atoms with E-state index in [2.05, 4.69) is 9.80 Å². The van der Waals surface area contributed by atoms with Crippen LogP contribution in [0.1, 0.15) is 5.69 Å². The van der Waals surface area contributed by atoms with E-state index in [1.54, 1.807) is 4.57 Å². The van der Waals surface area contributed by atoms with E-state index in [0.717, 1.165) is 38.4 Å². The lowest BCUT2D eigenvalue weighted by molar-refractivity contribution is 0.107. The summed E-state index contributed by atoms with van der Waals surface area (Å²) in [6, 6.07) is 1.50. The summed E-state index contributed by atoms with van der Waals surface area (Å²) in [5.74, 6) is -0.209. The molecule has 6 nitrogen and oxygen atoms in total. The molecule has 1 aromatic heterocycles. The van der Waals surface area contributed by atoms with Crippen molar-refractivity contribution in [2.24, 2.45) is 7.05 Å². The van der Waals surface area contributed by atoms with Gasteiger partial charge in [0.1, 0.15) is 0 Å². The van der Waals surface area contributed by atoms with Gasteiger partial charge in [-0.05, 0) is 0 Å². The number of rotatable bonds is 4. The van der Waals surface area contributed by atoms with Crippen LogP contribution in [0.25, 0.3) is 0 Å². The maximum absolute atomic E-state index is 11.5. The van der Waals surface area contributed by atoms with Gasteiger partial charge in [0.05, 0.1) is 6.61 Å². The highest BCUT2D eigenvalue weighted by Gasteiger charge is 2.17. The average molecular weight is 267 g/mol. The number of nitrogens with zero attached hydrogens (tertiary/aromatic N) is 3. The molecular weight excluding hydrogens is 246 g/mol. The van der Waals surface area contributed by atoms with Gasteiger partial charge in [0.2, 0.25) is 5.43 Å². The molecule has 0 unspecified atom stereocenters. The largest absolute Gasteiger partial charge is 0.503 e. The molecule has 0 aliphatic carbocycles. The van der Waals surface area contributed by atoms with Crippen LogP contribution < -0.4 is 5.43 Å². The fourth-order valence-electron chi connectivity index (χ4n) is 2.36. The first-order chi connectivity index (χ1) is 9.10. The van der Waals surface area contributed by atoms with Gasteiger partial charge < -0.3 is 14.8 Å². The summed E-state index contributed by atoms with van der Waals surface area (Å²) < 4.78 is 1.79. The monoisotopic (exact) mass is 267 g/mol. The maximum atomic E-state index is 11.5. The van der Waals surface area contributed by atoms with Crippen LogP contribution in [0, 0.1) is 0 Å². The Morgan fingerprint density at radius 2 is 1.84 bits per heavy atom. The standard InChI is InChI=1S/C13H21N3O3/c1-14-10-13(19)12(18)8-11(14)9-16-4-2-15(3-5-16)6-7-17/h8,10,17,19H,2-7,9H2,1H3. The Morgan fingerprint density at radius 3 is 2.47 bits per heavy atom. The molecule has 19 heavy (non-hydrogen) atoms. The first-order valence-electron chi connectivity index (χ1n) is 6.54. The van der Waals surface area contributed by atoms with Gasteiger partial charge in [0, 0.05) is 64.3 Å². The number of aryl methyl sites for hydroxylation is 1. The summed E-state index contributed by atoms with van der Waals surface area (Å²) in [6.45, 7) is 5.36. The molecular formula is C13H21N3O3. The van der Waals surface area contributed by atoms with Crippen molar-refractivity contribution in [1.82, 2.24) is 14.4 Å². The van der Waals surface area contributed by atoms with Crippen molar-refractivity contribution < 1.29 is 10.2 Å². The number of aromatic nitrogens is 1. The second-order valence-electron chi connectivity index (χ2n) is 4.97. The van der Waals surface area contributed by atoms with Crippen LogP contribution in [-0.4, -0.2) is 63.9 Å². The molecule has 0 bridgehead atoms. The molecule has 106 valence electrons. The number of aliphatic hydroxyl groups excluding tert-OH is 1. The Balaban J connectivity index is 1.96. The fourth-order valence-corrected chi connectivity index (χ4v) is 2.36. The topological polar surface area (TPSA) is 68.9 Å². The van der Waals surface area contributed by atoms with Crippen LogP contribution in [0.4, 0.5) is 0 Å². The van der Waals surface area contributed by atoms with Crippen molar-refractivity contribution in [3.63, 3.8) is 0 Å². The minimum atomic E-state index is -0.327. The van der Waals surface area contributed by atoms with Crippen LogP contribution in [0.15, 0.2) is 17.1 Å². The first kappa shape index (κ1) is 14.0. The molecule has 0 atom stereocenters. The second kappa shape index (κ2) is 6.18. The van der Waals surface area contributed by atoms with E-state index >= 15 is 0 Å². The van der Waals surface area contributed by atoms with E-state index < -0.39 is 0 Å². The summed E-state index contributed by atoms with van der Waals surface area (Å²) in [5, 5.41) is 18.2. The predicted molar refractivity (Wildman–Crippen MR) is 72.2 cm³/mol. The van der Waals surface area contributed by atoms with Gasteiger partial charge >= 0.3 is 0 Å². The van der Waals surface area contributed by atoms with Crippen LogP contribution in [0.3, 0.4) is 0 Å². The van der Waals surface area contributed by atoms with Crippen LogP contribution in [-0.2, 0) is 13.6 Å². The van der Waals surface area contributed by atoms with Crippen molar-refractivity contribution in [1.29, 1.82) is 0 Å². The van der Waals surface area contributed by atoms with Crippen LogP contribution in [0.2, 0.25) is 0 Å². The van der Waals surface area contributed by atoms with Crippen LogP contribution in [0.5, 0.6) is 5.75 Å². The summed E-state index contributed by atoms with van der Waals surface area (Å²) in [4.78, 5) is 16.0. The SMILES string of the molecule is Cn1cc(O)c(=O)cc1CN1CCN(CCO)CC1. The number of β-amino-alcohol motifs (C(OH)–C–C–N with tert-alkyl or cyclic N) is 1. The molecule has 6 heteroatoms. The van der Waals surface area contributed by atoms with Gasteiger partial charge in [-0.3, -0.25) is 14.6 Å². The summed E-state index contributed by atoms with van der Waals surface area (Å²) in [7, 11) is 1.83. The Bertz CT molecular complexity index is 479. The summed E-state index contributed by atoms with van der Waals surface area (Å²) >= 11 is 0. The highest BCUT2D eigenvalue weighted by Crippen LogP contribution is 2.09. The number of piperazine rings is 1. The molecule has 1 aliphatic rings. The van der Waals surface area contributed by atoms with Gasteiger partial charge in [-0.1, -0.05) is 0 Å². The molecule has 0 radical (unpaired) electrons. The van der Waals surface area contributed by atoms with Gasteiger partial charge in [-0.15, -0.1) is 0 Å². The van der Waals surface area contributed by atoms with Crippen LogP contribution >= 0.6 is 0 Å². The molecule has 0 saturated carbocycles. The fraction of sp³-hybridized carbons (Fsp3) is 0.615. The van der Waals surface area contributed by atoms with Gasteiger partial charge in [-0.25, -0.2) is 0 Å². The quantitative estimate of drug-likeness (QED) is 0.747. The van der Waals surface area contributed by atoms with Crippen molar-refractivity contribution in [2.75, 3.05) is 39.3 Å². The Labute approximate surface area is 112 Å². The third kappa shape index (κ3) is 3.56. The Morgan fingerprint density at radius 1 is 1.21 bits per heavy atom. The average Bonchev–Trinajstić information content (AvgIpc) is 2.38. The van der Waals surface area contributed by atoms with E-state index in [4.69, 9.17) is 5.11 Å². The lowest BCUT2D eigenvalue weighted by Gasteiger charge is -2.34. The Kier molecular flexibility index (Phi) is 4.57. The first-order valence-corrected chi connectivity index (χ1v) is 6.54. The molecule has 0 spiro atoms. The van der Waals surface area contributed by atoms with E-state index in [1.165, 1.54) is 12.3 Å². The van der Waals surface area contributed by atoms with Gasteiger partial charge in [-0.2, -0.15) is 0 Å². The third-order valence-electron chi connectivity index (χ3n) is 3.59.